The van der Waals surface area contributed by atoms with E-state index in [2.05, 4.69) is 25.7 Å². The molecule has 0 atom stereocenters. The van der Waals surface area contributed by atoms with Crippen molar-refractivity contribution >= 4 is 34.8 Å². The van der Waals surface area contributed by atoms with Crippen LogP contribution in [0.4, 0.5) is 17.3 Å². The predicted octanol–water partition coefficient (Wildman–Crippen LogP) is 6.37. The largest absolute Gasteiger partial charge is 0.496 e. The van der Waals surface area contributed by atoms with E-state index in [0.717, 1.165) is 0 Å². The summed E-state index contributed by atoms with van der Waals surface area (Å²) in [4.78, 5) is 21.8. The minimum absolute atomic E-state index is 0.0316. The Morgan fingerprint density at radius 2 is 1.86 bits per heavy atom. The molecule has 2 N–H and O–H groups in total. The summed E-state index contributed by atoms with van der Waals surface area (Å²) in [6.45, 7) is 7.98. The van der Waals surface area contributed by atoms with Gasteiger partial charge in [-0.25, -0.2) is 9.97 Å². The molecule has 0 saturated carbocycles. The van der Waals surface area contributed by atoms with Crippen LogP contribution in [0.1, 0.15) is 44.1 Å². The first kappa shape index (κ1) is 26.0. The van der Waals surface area contributed by atoms with E-state index in [1.54, 1.807) is 30.3 Å². The topological polar surface area (TPSA) is 103 Å². The second kappa shape index (κ2) is 11.3. The van der Waals surface area contributed by atoms with Crippen LogP contribution >= 0.6 is 11.6 Å². The third-order valence-corrected chi connectivity index (χ3v) is 5.57. The molecule has 0 aliphatic carbocycles. The van der Waals surface area contributed by atoms with E-state index in [1.165, 1.54) is 13.3 Å². The van der Waals surface area contributed by atoms with Crippen molar-refractivity contribution in [3.05, 3.63) is 71.5 Å². The van der Waals surface area contributed by atoms with Crippen LogP contribution in [0.3, 0.4) is 0 Å². The van der Waals surface area contributed by atoms with Gasteiger partial charge in [-0.15, -0.1) is 0 Å². The number of hydrogen-bond donors (Lipinski definition) is 2. The molecule has 2 aromatic carbocycles. The molecule has 2 aromatic heterocycles. The molecule has 0 saturated heterocycles. The van der Waals surface area contributed by atoms with Gasteiger partial charge in [-0.2, -0.15) is 5.10 Å². The number of methoxy groups -OCH3 is 1. The molecule has 37 heavy (non-hydrogen) atoms. The van der Waals surface area contributed by atoms with Gasteiger partial charge in [0.25, 0.3) is 5.91 Å². The number of halogens is 1. The highest BCUT2D eigenvalue weighted by molar-refractivity contribution is 6.32. The van der Waals surface area contributed by atoms with Gasteiger partial charge in [0, 0.05) is 35.7 Å². The molecular weight excluding hydrogens is 492 g/mol. The quantitative estimate of drug-likeness (QED) is 0.264. The van der Waals surface area contributed by atoms with Crippen molar-refractivity contribution < 1.29 is 14.3 Å². The monoisotopic (exact) mass is 520 g/mol. The summed E-state index contributed by atoms with van der Waals surface area (Å²) < 4.78 is 13.0. The van der Waals surface area contributed by atoms with Crippen LogP contribution in [0.5, 0.6) is 11.5 Å². The fourth-order valence-electron chi connectivity index (χ4n) is 3.56. The molecule has 0 fully saturated rings. The SMILES string of the molecule is COc1cc(Nc2ncc(Cl)c(-c3ccn(C(C)C)n3)n2)ccc1C(=O)Nc1cccc(OC(C)C)c1. The zero-order chi connectivity index (χ0) is 26.5. The summed E-state index contributed by atoms with van der Waals surface area (Å²) in [6.07, 6.45) is 3.44. The number of carbonyl (C=O) groups is 1. The first-order valence-electron chi connectivity index (χ1n) is 11.8. The Bertz CT molecular complexity index is 1400. The van der Waals surface area contributed by atoms with Crippen molar-refractivity contribution in [1.82, 2.24) is 19.7 Å². The lowest BCUT2D eigenvalue weighted by Crippen LogP contribution is -2.14. The molecule has 0 aliphatic rings. The zero-order valence-electron chi connectivity index (χ0n) is 21.3. The van der Waals surface area contributed by atoms with Crippen LogP contribution in [-0.2, 0) is 0 Å². The Kier molecular flexibility index (Phi) is 7.93. The average molecular weight is 521 g/mol. The zero-order valence-corrected chi connectivity index (χ0v) is 22.1. The summed E-state index contributed by atoms with van der Waals surface area (Å²) in [5, 5.41) is 11.0. The molecule has 0 unspecified atom stereocenters. The lowest BCUT2D eigenvalue weighted by atomic mass is 10.1. The van der Waals surface area contributed by atoms with E-state index >= 15 is 0 Å². The maximum Gasteiger partial charge on any atom is 0.259 e. The Morgan fingerprint density at radius 1 is 1.05 bits per heavy atom. The molecule has 10 heteroatoms. The summed E-state index contributed by atoms with van der Waals surface area (Å²) in [6, 6.07) is 14.5. The van der Waals surface area contributed by atoms with Crippen molar-refractivity contribution in [3.63, 3.8) is 0 Å². The molecule has 9 nitrogen and oxygen atoms in total. The van der Waals surface area contributed by atoms with E-state index in [0.29, 0.717) is 50.8 Å². The Balaban J connectivity index is 1.52. The number of nitrogens with one attached hydrogen (secondary N) is 2. The van der Waals surface area contributed by atoms with Crippen LogP contribution in [0, 0.1) is 0 Å². The van der Waals surface area contributed by atoms with Gasteiger partial charge < -0.3 is 20.1 Å². The van der Waals surface area contributed by atoms with Gasteiger partial charge in [0.2, 0.25) is 5.95 Å². The summed E-state index contributed by atoms with van der Waals surface area (Å²) in [5.41, 5.74) is 2.80. The highest BCUT2D eigenvalue weighted by Crippen LogP contribution is 2.29. The third kappa shape index (κ3) is 6.37. The van der Waals surface area contributed by atoms with Crippen molar-refractivity contribution in [2.24, 2.45) is 0 Å². The van der Waals surface area contributed by atoms with Crippen LogP contribution in [0.2, 0.25) is 5.02 Å². The number of benzene rings is 2. The first-order valence-corrected chi connectivity index (χ1v) is 12.2. The molecule has 192 valence electrons. The standard InChI is InChI=1S/C27H29ClN6O3/c1-16(2)34-12-11-23(33-34)25-22(28)15-29-27(32-25)31-19-9-10-21(24(14-19)36-5)26(35)30-18-7-6-8-20(13-18)37-17(3)4/h6-17H,1-5H3,(H,30,35)(H,29,31,32). The second-order valence-corrected chi connectivity index (χ2v) is 9.26. The summed E-state index contributed by atoms with van der Waals surface area (Å²) >= 11 is 6.35. The minimum atomic E-state index is -0.309. The van der Waals surface area contributed by atoms with Gasteiger partial charge in [0.1, 0.15) is 22.9 Å². The third-order valence-electron chi connectivity index (χ3n) is 5.29. The van der Waals surface area contributed by atoms with E-state index in [9.17, 15) is 4.79 Å². The highest BCUT2D eigenvalue weighted by Gasteiger charge is 2.16. The van der Waals surface area contributed by atoms with Crippen molar-refractivity contribution in [2.45, 2.75) is 39.8 Å². The normalized spacial score (nSPS) is 11.0. The van der Waals surface area contributed by atoms with Gasteiger partial charge in [0.15, 0.2) is 0 Å². The molecular formula is C27H29ClN6O3. The molecule has 4 aromatic rings. The molecule has 0 aliphatic heterocycles. The van der Waals surface area contributed by atoms with Crippen LogP contribution < -0.4 is 20.1 Å². The number of nitrogens with zero attached hydrogens (tertiary/aromatic N) is 4. The fourth-order valence-corrected chi connectivity index (χ4v) is 3.75. The molecule has 0 spiro atoms. The number of carbonyl (C=O) groups excluding carboxylic acids is 1. The minimum Gasteiger partial charge on any atom is -0.496 e. The number of hydrogen-bond acceptors (Lipinski definition) is 7. The maximum absolute atomic E-state index is 13.0. The van der Waals surface area contributed by atoms with Gasteiger partial charge in [-0.05, 0) is 58.0 Å². The van der Waals surface area contributed by atoms with Gasteiger partial charge in [-0.3, -0.25) is 9.48 Å². The van der Waals surface area contributed by atoms with Crippen molar-refractivity contribution in [3.8, 4) is 22.9 Å². The fraction of sp³-hybridized carbons (Fsp3) is 0.259. The van der Waals surface area contributed by atoms with Gasteiger partial charge in [0.05, 0.1) is 30.0 Å². The lowest BCUT2D eigenvalue weighted by Gasteiger charge is -2.14. The predicted molar refractivity (Wildman–Crippen MR) is 145 cm³/mol. The Hall–Kier alpha value is -4.11. The van der Waals surface area contributed by atoms with E-state index < -0.39 is 0 Å². The maximum atomic E-state index is 13.0. The Morgan fingerprint density at radius 3 is 2.57 bits per heavy atom. The number of ether oxygens (including phenoxy) is 2. The van der Waals surface area contributed by atoms with E-state index in [1.807, 2.05) is 56.8 Å². The summed E-state index contributed by atoms with van der Waals surface area (Å²) in [5.74, 6) is 1.09. The Labute approximate surface area is 220 Å². The summed E-state index contributed by atoms with van der Waals surface area (Å²) in [7, 11) is 1.51. The number of aromatic nitrogens is 4. The van der Waals surface area contributed by atoms with Crippen LogP contribution in [0.15, 0.2) is 60.9 Å². The number of rotatable bonds is 9. The van der Waals surface area contributed by atoms with E-state index in [4.69, 9.17) is 21.1 Å². The average Bonchev–Trinajstić information content (AvgIpc) is 3.35. The smallest absolute Gasteiger partial charge is 0.259 e. The second-order valence-electron chi connectivity index (χ2n) is 8.85. The molecule has 1 amide bonds. The molecule has 2 heterocycles. The first-order chi connectivity index (χ1) is 17.7. The van der Waals surface area contributed by atoms with Crippen molar-refractivity contribution in [2.75, 3.05) is 17.7 Å². The van der Waals surface area contributed by atoms with Gasteiger partial charge >= 0.3 is 0 Å². The lowest BCUT2D eigenvalue weighted by molar-refractivity contribution is 0.102. The van der Waals surface area contributed by atoms with E-state index in [-0.39, 0.29) is 18.1 Å². The molecule has 4 rings (SSSR count). The molecule has 0 bridgehead atoms. The highest BCUT2D eigenvalue weighted by atomic mass is 35.5. The van der Waals surface area contributed by atoms with Gasteiger partial charge in [-0.1, -0.05) is 17.7 Å². The number of anilines is 3. The number of amides is 1. The van der Waals surface area contributed by atoms with Crippen LogP contribution in [0.25, 0.3) is 11.4 Å². The molecule has 0 radical (unpaired) electrons. The van der Waals surface area contributed by atoms with Crippen molar-refractivity contribution in [1.29, 1.82) is 0 Å². The van der Waals surface area contributed by atoms with Crippen LogP contribution in [-0.4, -0.2) is 38.9 Å².